The Hall–Kier alpha value is -1.17. The summed E-state index contributed by atoms with van der Waals surface area (Å²) in [5.74, 6) is 0.908. The van der Waals surface area contributed by atoms with Crippen LogP contribution in [0.2, 0.25) is 0 Å². The van der Waals surface area contributed by atoms with Gasteiger partial charge in [0.25, 0.3) is 0 Å². The normalized spacial score (nSPS) is 11.2. The monoisotopic (exact) mass is 252 g/mol. The molecule has 2 heterocycles. The van der Waals surface area contributed by atoms with E-state index < -0.39 is 0 Å². The average Bonchev–Trinajstić information content (AvgIpc) is 2.91. The van der Waals surface area contributed by atoms with Crippen LogP contribution in [-0.4, -0.2) is 28.1 Å². The molecule has 1 N–H and O–H groups in total. The van der Waals surface area contributed by atoms with Crippen LogP contribution in [0.15, 0.2) is 28.2 Å². The highest BCUT2D eigenvalue weighted by Crippen LogP contribution is 2.13. The fraction of sp³-hybridized carbons (Fsp3) is 0.417. The number of thiazole rings is 1. The number of nitrogens with zero attached hydrogens (tertiary/aromatic N) is 2. The van der Waals surface area contributed by atoms with Gasteiger partial charge < -0.3 is 9.52 Å². The van der Waals surface area contributed by atoms with Crippen molar-refractivity contribution in [3.05, 3.63) is 40.2 Å². The van der Waals surface area contributed by atoms with Gasteiger partial charge in [-0.3, -0.25) is 4.90 Å². The van der Waals surface area contributed by atoms with Crippen molar-refractivity contribution in [2.24, 2.45) is 0 Å². The molecule has 0 radical (unpaired) electrons. The van der Waals surface area contributed by atoms with Crippen LogP contribution in [-0.2, 0) is 13.1 Å². The maximum absolute atomic E-state index is 9.06. The number of hydrogen-bond acceptors (Lipinski definition) is 5. The lowest BCUT2D eigenvalue weighted by Crippen LogP contribution is -2.26. The minimum atomic E-state index is 0.143. The molecule has 5 heteroatoms. The smallest absolute Gasteiger partial charge is 0.117 e. The predicted molar refractivity (Wildman–Crippen MR) is 66.8 cm³/mol. The average molecular weight is 252 g/mol. The zero-order valence-corrected chi connectivity index (χ0v) is 10.6. The molecule has 4 nitrogen and oxygen atoms in total. The number of furan rings is 1. The Labute approximate surface area is 105 Å². The van der Waals surface area contributed by atoms with E-state index in [-0.39, 0.29) is 6.61 Å². The molecule has 17 heavy (non-hydrogen) atoms. The van der Waals surface area contributed by atoms with E-state index in [1.807, 2.05) is 19.1 Å². The second-order valence-corrected chi connectivity index (χ2v) is 4.93. The molecule has 2 aromatic heterocycles. The molecule has 0 amide bonds. The third-order valence-corrected chi connectivity index (χ3v) is 3.25. The maximum Gasteiger partial charge on any atom is 0.117 e. The molecular weight excluding hydrogens is 236 g/mol. The Balaban J connectivity index is 1.97. The largest absolute Gasteiger partial charge is 0.468 e. The van der Waals surface area contributed by atoms with Crippen molar-refractivity contribution in [1.29, 1.82) is 0 Å². The third-order valence-electron chi connectivity index (χ3n) is 2.43. The van der Waals surface area contributed by atoms with Crippen molar-refractivity contribution < 1.29 is 9.52 Å². The Kier molecular flexibility index (Phi) is 4.30. The molecule has 0 fully saturated rings. The van der Waals surface area contributed by atoms with Crippen LogP contribution < -0.4 is 0 Å². The van der Waals surface area contributed by atoms with Gasteiger partial charge in [-0.05, 0) is 19.1 Å². The quantitative estimate of drug-likeness (QED) is 0.854. The summed E-state index contributed by atoms with van der Waals surface area (Å²) >= 11 is 1.65. The first-order valence-electron chi connectivity index (χ1n) is 5.54. The van der Waals surface area contributed by atoms with Gasteiger partial charge in [0.15, 0.2) is 0 Å². The SMILES string of the molecule is Cc1nc(CN(CCO)Cc2ccco2)cs1. The van der Waals surface area contributed by atoms with E-state index in [9.17, 15) is 0 Å². The second-order valence-electron chi connectivity index (χ2n) is 3.87. The molecule has 0 unspecified atom stereocenters. The van der Waals surface area contributed by atoms with E-state index in [1.165, 1.54) is 0 Å². The highest BCUT2D eigenvalue weighted by atomic mass is 32.1. The molecule has 2 rings (SSSR count). The van der Waals surface area contributed by atoms with E-state index in [0.717, 1.165) is 23.0 Å². The number of aromatic nitrogens is 1. The van der Waals surface area contributed by atoms with E-state index in [2.05, 4.69) is 15.3 Å². The van der Waals surface area contributed by atoms with E-state index in [4.69, 9.17) is 9.52 Å². The first-order valence-corrected chi connectivity index (χ1v) is 6.42. The molecule has 0 aromatic carbocycles. The molecule has 0 spiro atoms. The summed E-state index contributed by atoms with van der Waals surface area (Å²) in [4.78, 5) is 6.54. The lowest BCUT2D eigenvalue weighted by Gasteiger charge is -2.18. The van der Waals surface area contributed by atoms with Crippen molar-refractivity contribution in [2.45, 2.75) is 20.0 Å². The standard InChI is InChI=1S/C12H16N2O2S/c1-10-13-11(9-17-10)7-14(4-5-15)8-12-3-2-6-16-12/h2-3,6,9,15H,4-5,7-8H2,1H3. The van der Waals surface area contributed by atoms with Crippen LogP contribution in [0.5, 0.6) is 0 Å². The molecular formula is C12H16N2O2S. The van der Waals surface area contributed by atoms with E-state index >= 15 is 0 Å². The van der Waals surface area contributed by atoms with Gasteiger partial charge in [-0.15, -0.1) is 11.3 Å². The molecule has 2 aromatic rings. The van der Waals surface area contributed by atoms with Crippen molar-refractivity contribution in [2.75, 3.05) is 13.2 Å². The summed E-state index contributed by atoms with van der Waals surface area (Å²) in [6, 6.07) is 3.82. The number of aliphatic hydroxyl groups is 1. The van der Waals surface area contributed by atoms with Crippen LogP contribution in [0, 0.1) is 6.92 Å². The van der Waals surface area contributed by atoms with Crippen molar-refractivity contribution in [3.63, 3.8) is 0 Å². The van der Waals surface area contributed by atoms with Gasteiger partial charge in [0, 0.05) is 18.5 Å². The summed E-state index contributed by atoms with van der Waals surface area (Å²) in [5, 5.41) is 12.2. The molecule has 0 atom stereocenters. The highest BCUT2D eigenvalue weighted by Gasteiger charge is 2.10. The zero-order valence-electron chi connectivity index (χ0n) is 9.80. The fourth-order valence-electron chi connectivity index (χ4n) is 1.69. The minimum Gasteiger partial charge on any atom is -0.468 e. The van der Waals surface area contributed by atoms with Crippen LogP contribution in [0.4, 0.5) is 0 Å². The number of aryl methyl sites for hydroxylation is 1. The topological polar surface area (TPSA) is 49.5 Å². The first-order chi connectivity index (χ1) is 8.28. The molecule has 0 aliphatic rings. The summed E-state index contributed by atoms with van der Waals surface area (Å²) < 4.78 is 5.31. The summed E-state index contributed by atoms with van der Waals surface area (Å²) in [6.07, 6.45) is 1.67. The molecule has 0 aliphatic heterocycles. The van der Waals surface area contributed by atoms with E-state index in [0.29, 0.717) is 13.1 Å². The molecule has 0 aliphatic carbocycles. The number of hydrogen-bond donors (Lipinski definition) is 1. The van der Waals surface area contributed by atoms with Crippen molar-refractivity contribution in [1.82, 2.24) is 9.88 Å². The fourth-order valence-corrected chi connectivity index (χ4v) is 2.29. The van der Waals surface area contributed by atoms with Gasteiger partial charge >= 0.3 is 0 Å². The number of aliphatic hydroxyl groups excluding tert-OH is 1. The summed E-state index contributed by atoms with van der Waals surface area (Å²) in [6.45, 7) is 4.20. The second kappa shape index (κ2) is 5.95. The molecule has 0 bridgehead atoms. The Morgan fingerprint density at radius 3 is 2.94 bits per heavy atom. The predicted octanol–water partition coefficient (Wildman–Crippen LogP) is 2.04. The van der Waals surface area contributed by atoms with Gasteiger partial charge in [-0.25, -0.2) is 4.98 Å². The highest BCUT2D eigenvalue weighted by molar-refractivity contribution is 7.09. The lowest BCUT2D eigenvalue weighted by atomic mass is 10.3. The Morgan fingerprint density at radius 2 is 2.35 bits per heavy atom. The van der Waals surface area contributed by atoms with Crippen LogP contribution in [0.25, 0.3) is 0 Å². The Bertz CT molecular complexity index is 439. The minimum absolute atomic E-state index is 0.143. The van der Waals surface area contributed by atoms with Gasteiger partial charge in [-0.2, -0.15) is 0 Å². The van der Waals surface area contributed by atoms with Gasteiger partial charge in [-0.1, -0.05) is 0 Å². The van der Waals surface area contributed by atoms with Gasteiger partial charge in [0.2, 0.25) is 0 Å². The van der Waals surface area contributed by atoms with Crippen LogP contribution >= 0.6 is 11.3 Å². The third kappa shape index (κ3) is 3.66. The molecule has 0 saturated heterocycles. The van der Waals surface area contributed by atoms with Crippen molar-refractivity contribution >= 4 is 11.3 Å². The Morgan fingerprint density at radius 1 is 1.47 bits per heavy atom. The zero-order chi connectivity index (χ0) is 12.1. The van der Waals surface area contributed by atoms with Crippen molar-refractivity contribution in [3.8, 4) is 0 Å². The molecule has 0 saturated carbocycles. The van der Waals surface area contributed by atoms with Gasteiger partial charge in [0.1, 0.15) is 5.76 Å². The first kappa shape index (κ1) is 12.3. The molecule has 92 valence electrons. The van der Waals surface area contributed by atoms with E-state index in [1.54, 1.807) is 17.6 Å². The maximum atomic E-state index is 9.06. The van der Waals surface area contributed by atoms with Crippen LogP contribution in [0.1, 0.15) is 16.5 Å². The van der Waals surface area contributed by atoms with Crippen LogP contribution in [0.3, 0.4) is 0 Å². The number of rotatable bonds is 6. The summed E-state index contributed by atoms with van der Waals surface area (Å²) in [5.41, 5.74) is 1.05. The van der Waals surface area contributed by atoms with Gasteiger partial charge in [0.05, 0.1) is 30.1 Å². The lowest BCUT2D eigenvalue weighted by molar-refractivity contribution is 0.173. The summed E-state index contributed by atoms with van der Waals surface area (Å²) in [7, 11) is 0.